The number of hydrogen-bond donors (Lipinski definition) is 0. The summed E-state index contributed by atoms with van der Waals surface area (Å²) < 4.78 is 37.0. The second-order valence-corrected chi connectivity index (χ2v) is 3.03. The first-order chi connectivity index (χ1) is 7.27. The molecule has 0 bridgehead atoms. The highest BCUT2D eigenvalue weighted by Gasteiger charge is 2.33. The molecule has 0 unspecified atom stereocenters. The van der Waals surface area contributed by atoms with Crippen molar-refractivity contribution in [3.8, 4) is 6.07 Å². The fourth-order valence-corrected chi connectivity index (χ4v) is 1.17. The molecule has 84 valence electrons. The van der Waals surface area contributed by atoms with Gasteiger partial charge in [0.25, 0.3) is 5.69 Å². The van der Waals surface area contributed by atoms with E-state index in [9.17, 15) is 23.3 Å². The standard InChI is InChI=1S/C9H5F3N2O2/c1-5-6(4-13)2-7(9(10,11)12)3-8(5)14(15)16/h2-3H,1H3. The number of nitrogens with zero attached hydrogens (tertiary/aromatic N) is 2. The Balaban J connectivity index is 3.54. The highest BCUT2D eigenvalue weighted by atomic mass is 19.4. The van der Waals surface area contributed by atoms with Gasteiger partial charge in [-0.05, 0) is 13.0 Å². The van der Waals surface area contributed by atoms with Crippen LogP contribution in [-0.4, -0.2) is 4.92 Å². The molecule has 4 nitrogen and oxygen atoms in total. The Morgan fingerprint density at radius 3 is 2.38 bits per heavy atom. The van der Waals surface area contributed by atoms with Crippen LogP contribution < -0.4 is 0 Å². The van der Waals surface area contributed by atoms with Crippen molar-refractivity contribution in [1.29, 1.82) is 5.26 Å². The third kappa shape index (κ3) is 2.11. The van der Waals surface area contributed by atoms with E-state index < -0.39 is 22.4 Å². The maximum absolute atomic E-state index is 12.3. The molecule has 0 saturated carbocycles. The second-order valence-electron chi connectivity index (χ2n) is 3.03. The summed E-state index contributed by atoms with van der Waals surface area (Å²) in [6.45, 7) is 1.23. The molecule has 0 heterocycles. The van der Waals surface area contributed by atoms with Crippen LogP contribution in [0.25, 0.3) is 0 Å². The van der Waals surface area contributed by atoms with E-state index in [1.165, 1.54) is 13.0 Å². The average molecular weight is 230 g/mol. The number of nitro groups is 1. The number of hydrogen-bond acceptors (Lipinski definition) is 3. The highest BCUT2D eigenvalue weighted by Crippen LogP contribution is 2.34. The van der Waals surface area contributed by atoms with Gasteiger partial charge >= 0.3 is 6.18 Å². The molecule has 0 atom stereocenters. The van der Waals surface area contributed by atoms with Crippen LogP contribution in [0.3, 0.4) is 0 Å². The van der Waals surface area contributed by atoms with Crippen LogP contribution >= 0.6 is 0 Å². The minimum atomic E-state index is -4.70. The monoisotopic (exact) mass is 230 g/mol. The van der Waals surface area contributed by atoms with Crippen molar-refractivity contribution in [2.45, 2.75) is 13.1 Å². The Labute approximate surface area is 88.1 Å². The molecule has 7 heteroatoms. The molecule has 0 aromatic heterocycles. The summed E-state index contributed by atoms with van der Waals surface area (Å²) in [6.07, 6.45) is -4.70. The molecule has 0 N–H and O–H groups in total. The van der Waals surface area contributed by atoms with E-state index in [0.717, 1.165) is 0 Å². The lowest BCUT2D eigenvalue weighted by atomic mass is 10.0. The maximum atomic E-state index is 12.3. The molecule has 1 aromatic rings. The van der Waals surface area contributed by atoms with Crippen molar-refractivity contribution in [3.63, 3.8) is 0 Å². The van der Waals surface area contributed by atoms with Crippen molar-refractivity contribution in [3.05, 3.63) is 38.9 Å². The SMILES string of the molecule is Cc1c(C#N)cc(C(F)(F)F)cc1[N+](=O)[O-]. The van der Waals surface area contributed by atoms with Gasteiger partial charge in [0.1, 0.15) is 0 Å². The molecule has 16 heavy (non-hydrogen) atoms. The van der Waals surface area contributed by atoms with Gasteiger partial charge in [-0.2, -0.15) is 18.4 Å². The zero-order valence-electron chi connectivity index (χ0n) is 8.00. The molecular weight excluding hydrogens is 225 g/mol. The Morgan fingerprint density at radius 2 is 2.00 bits per heavy atom. The summed E-state index contributed by atoms with van der Waals surface area (Å²) in [5.74, 6) is 0. The van der Waals surface area contributed by atoms with Crippen molar-refractivity contribution >= 4 is 5.69 Å². The molecule has 1 aromatic carbocycles. The topological polar surface area (TPSA) is 66.9 Å². The van der Waals surface area contributed by atoms with Gasteiger partial charge in [0.2, 0.25) is 0 Å². The first-order valence-corrected chi connectivity index (χ1v) is 4.03. The van der Waals surface area contributed by atoms with Crippen molar-refractivity contribution in [1.82, 2.24) is 0 Å². The fraction of sp³-hybridized carbons (Fsp3) is 0.222. The minimum absolute atomic E-state index is 0.0690. The molecular formula is C9H5F3N2O2. The highest BCUT2D eigenvalue weighted by molar-refractivity contribution is 5.53. The smallest absolute Gasteiger partial charge is 0.258 e. The van der Waals surface area contributed by atoms with Crippen LogP contribution in [-0.2, 0) is 6.18 Å². The number of benzene rings is 1. The van der Waals surface area contributed by atoms with E-state index in [2.05, 4.69) is 0 Å². The van der Waals surface area contributed by atoms with Gasteiger partial charge in [-0.15, -0.1) is 0 Å². The van der Waals surface area contributed by atoms with Gasteiger partial charge in [-0.25, -0.2) is 0 Å². The van der Waals surface area contributed by atoms with Crippen LogP contribution in [0.1, 0.15) is 16.7 Å². The molecule has 0 fully saturated rings. The Hall–Kier alpha value is -2.10. The number of rotatable bonds is 1. The van der Waals surface area contributed by atoms with E-state index in [1.54, 1.807) is 0 Å². The van der Waals surface area contributed by atoms with Gasteiger partial charge in [0.15, 0.2) is 0 Å². The van der Waals surface area contributed by atoms with E-state index in [0.29, 0.717) is 12.1 Å². The zero-order chi connectivity index (χ0) is 12.5. The summed E-state index contributed by atoms with van der Waals surface area (Å²) in [5.41, 5.74) is -2.31. The number of halogens is 3. The number of alkyl halides is 3. The maximum Gasteiger partial charge on any atom is 0.416 e. The van der Waals surface area contributed by atoms with Gasteiger partial charge in [-0.1, -0.05) is 0 Å². The lowest BCUT2D eigenvalue weighted by molar-refractivity contribution is -0.385. The van der Waals surface area contributed by atoms with Crippen molar-refractivity contribution < 1.29 is 18.1 Å². The summed E-state index contributed by atoms with van der Waals surface area (Å²) >= 11 is 0. The Morgan fingerprint density at radius 1 is 1.44 bits per heavy atom. The second kappa shape index (κ2) is 3.81. The molecule has 0 spiro atoms. The summed E-state index contributed by atoms with van der Waals surface area (Å²) in [6, 6.07) is 2.52. The van der Waals surface area contributed by atoms with E-state index >= 15 is 0 Å². The predicted molar refractivity (Wildman–Crippen MR) is 47.6 cm³/mol. The quantitative estimate of drug-likeness (QED) is 0.550. The first kappa shape index (κ1) is 12.0. The fourth-order valence-electron chi connectivity index (χ4n) is 1.17. The van der Waals surface area contributed by atoms with Gasteiger partial charge in [0, 0.05) is 11.6 Å². The number of nitriles is 1. The first-order valence-electron chi connectivity index (χ1n) is 4.03. The van der Waals surface area contributed by atoms with Crippen molar-refractivity contribution in [2.75, 3.05) is 0 Å². The lowest BCUT2D eigenvalue weighted by Gasteiger charge is -2.08. The van der Waals surface area contributed by atoms with Crippen LogP contribution in [0, 0.1) is 28.4 Å². The molecule has 1 rings (SSSR count). The van der Waals surface area contributed by atoms with Gasteiger partial charge < -0.3 is 0 Å². The third-order valence-corrected chi connectivity index (χ3v) is 2.02. The van der Waals surface area contributed by atoms with Crippen LogP contribution in [0.4, 0.5) is 18.9 Å². The predicted octanol–water partition coefficient (Wildman–Crippen LogP) is 2.79. The third-order valence-electron chi connectivity index (χ3n) is 2.02. The molecule has 0 radical (unpaired) electrons. The molecule has 0 aliphatic heterocycles. The van der Waals surface area contributed by atoms with Gasteiger partial charge in [-0.3, -0.25) is 10.1 Å². The summed E-state index contributed by atoms with van der Waals surface area (Å²) in [7, 11) is 0. The van der Waals surface area contributed by atoms with Gasteiger partial charge in [0.05, 0.1) is 22.1 Å². The van der Waals surface area contributed by atoms with Crippen LogP contribution in [0.5, 0.6) is 0 Å². The number of nitro benzene ring substituents is 1. The molecule has 0 aliphatic rings. The largest absolute Gasteiger partial charge is 0.416 e. The van der Waals surface area contributed by atoms with Crippen LogP contribution in [0.15, 0.2) is 12.1 Å². The molecule has 0 amide bonds. The van der Waals surface area contributed by atoms with Crippen LogP contribution in [0.2, 0.25) is 0 Å². The van der Waals surface area contributed by atoms with Crippen molar-refractivity contribution in [2.24, 2.45) is 0 Å². The molecule has 0 aliphatic carbocycles. The lowest BCUT2D eigenvalue weighted by Crippen LogP contribution is -2.07. The summed E-state index contributed by atoms with van der Waals surface area (Å²) in [5, 5.41) is 19.1. The Kier molecular flexibility index (Phi) is 2.85. The van der Waals surface area contributed by atoms with E-state index in [-0.39, 0.29) is 11.1 Å². The average Bonchev–Trinajstić information content (AvgIpc) is 2.15. The van der Waals surface area contributed by atoms with E-state index in [4.69, 9.17) is 5.26 Å². The zero-order valence-corrected chi connectivity index (χ0v) is 8.00. The molecule has 0 saturated heterocycles. The summed E-state index contributed by atoms with van der Waals surface area (Å²) in [4.78, 5) is 9.56. The minimum Gasteiger partial charge on any atom is -0.258 e. The van der Waals surface area contributed by atoms with E-state index in [1.807, 2.05) is 0 Å². The normalized spacial score (nSPS) is 10.9. The Bertz CT molecular complexity index is 489.